The summed E-state index contributed by atoms with van der Waals surface area (Å²) in [5.41, 5.74) is 2.20. The number of fused-ring (bicyclic) bond motifs is 1. The number of benzene rings is 1. The number of methoxy groups -OCH3 is 1. The molecule has 1 aromatic carbocycles. The zero-order valence-electron chi connectivity index (χ0n) is 11.5. The first kappa shape index (κ1) is 12.3. The Kier molecular flexibility index (Phi) is 3.09. The molecular formula is C15H20N2O2. The second kappa shape index (κ2) is 4.76. The highest BCUT2D eigenvalue weighted by molar-refractivity contribution is 5.94. The molecule has 1 aliphatic heterocycles. The van der Waals surface area contributed by atoms with Gasteiger partial charge in [-0.25, -0.2) is 4.79 Å². The summed E-state index contributed by atoms with van der Waals surface area (Å²) in [4.78, 5) is 14.1. The van der Waals surface area contributed by atoms with E-state index in [0.29, 0.717) is 5.92 Å². The van der Waals surface area contributed by atoms with Crippen molar-refractivity contribution in [1.82, 2.24) is 5.32 Å². The maximum absolute atomic E-state index is 12.3. The SMILES string of the molecule is COc1ccc2c(c1)CCN2C(=O)NC(C)C1CC1. The number of carbonyl (C=O) groups excluding carboxylic acids is 1. The number of hydrogen-bond acceptors (Lipinski definition) is 2. The zero-order chi connectivity index (χ0) is 13.4. The molecule has 1 fully saturated rings. The van der Waals surface area contributed by atoms with Crippen molar-refractivity contribution in [3.8, 4) is 5.75 Å². The van der Waals surface area contributed by atoms with Crippen molar-refractivity contribution in [2.75, 3.05) is 18.6 Å². The van der Waals surface area contributed by atoms with E-state index in [0.717, 1.165) is 24.4 Å². The van der Waals surface area contributed by atoms with E-state index in [1.54, 1.807) is 7.11 Å². The van der Waals surface area contributed by atoms with E-state index in [2.05, 4.69) is 12.2 Å². The van der Waals surface area contributed by atoms with Crippen LogP contribution in [-0.4, -0.2) is 25.7 Å². The van der Waals surface area contributed by atoms with Crippen molar-refractivity contribution < 1.29 is 9.53 Å². The van der Waals surface area contributed by atoms with Crippen LogP contribution in [0.25, 0.3) is 0 Å². The van der Waals surface area contributed by atoms with Gasteiger partial charge in [0.25, 0.3) is 0 Å². The minimum absolute atomic E-state index is 0.0308. The molecular weight excluding hydrogens is 240 g/mol. The fourth-order valence-corrected chi connectivity index (χ4v) is 2.70. The second-order valence-corrected chi connectivity index (χ2v) is 5.47. The highest BCUT2D eigenvalue weighted by Crippen LogP contribution is 2.34. The summed E-state index contributed by atoms with van der Waals surface area (Å²) < 4.78 is 5.22. The third-order valence-electron chi connectivity index (χ3n) is 4.11. The van der Waals surface area contributed by atoms with Crippen molar-refractivity contribution in [3.05, 3.63) is 23.8 Å². The molecule has 2 aliphatic rings. The molecule has 1 unspecified atom stereocenters. The Morgan fingerprint density at radius 2 is 2.26 bits per heavy atom. The first-order valence-electron chi connectivity index (χ1n) is 6.94. The number of anilines is 1. The number of urea groups is 1. The van der Waals surface area contributed by atoms with Crippen molar-refractivity contribution in [2.45, 2.75) is 32.2 Å². The van der Waals surface area contributed by atoms with Crippen LogP contribution < -0.4 is 15.0 Å². The van der Waals surface area contributed by atoms with Gasteiger partial charge in [0.2, 0.25) is 0 Å². The Morgan fingerprint density at radius 3 is 2.95 bits per heavy atom. The van der Waals surface area contributed by atoms with Crippen LogP contribution in [0.4, 0.5) is 10.5 Å². The third kappa shape index (κ3) is 2.39. The van der Waals surface area contributed by atoms with Crippen LogP contribution in [-0.2, 0) is 6.42 Å². The summed E-state index contributed by atoms with van der Waals surface area (Å²) in [7, 11) is 1.67. The summed E-state index contributed by atoms with van der Waals surface area (Å²) in [6.07, 6.45) is 3.39. The van der Waals surface area contributed by atoms with Gasteiger partial charge in [0.1, 0.15) is 5.75 Å². The molecule has 102 valence electrons. The second-order valence-electron chi connectivity index (χ2n) is 5.47. The summed E-state index contributed by atoms with van der Waals surface area (Å²) in [6.45, 7) is 2.85. The first-order valence-corrected chi connectivity index (χ1v) is 6.94. The maximum atomic E-state index is 12.3. The van der Waals surface area contributed by atoms with Crippen LogP contribution in [0.2, 0.25) is 0 Å². The largest absolute Gasteiger partial charge is 0.497 e. The van der Waals surface area contributed by atoms with Crippen LogP contribution in [0.1, 0.15) is 25.3 Å². The minimum Gasteiger partial charge on any atom is -0.497 e. The van der Waals surface area contributed by atoms with Crippen LogP contribution in [0.15, 0.2) is 18.2 Å². The molecule has 1 aliphatic carbocycles. The Morgan fingerprint density at radius 1 is 1.47 bits per heavy atom. The number of nitrogens with zero attached hydrogens (tertiary/aromatic N) is 1. The van der Waals surface area contributed by atoms with Gasteiger partial charge >= 0.3 is 6.03 Å². The Bertz CT molecular complexity index is 497. The predicted molar refractivity (Wildman–Crippen MR) is 74.8 cm³/mol. The molecule has 0 bridgehead atoms. The van der Waals surface area contributed by atoms with Crippen LogP contribution in [0, 0.1) is 5.92 Å². The maximum Gasteiger partial charge on any atom is 0.322 e. The molecule has 1 saturated carbocycles. The van der Waals surface area contributed by atoms with E-state index in [9.17, 15) is 4.79 Å². The van der Waals surface area contributed by atoms with Gasteiger partial charge in [-0.15, -0.1) is 0 Å². The van der Waals surface area contributed by atoms with Gasteiger partial charge < -0.3 is 10.1 Å². The third-order valence-corrected chi connectivity index (χ3v) is 4.11. The Labute approximate surface area is 113 Å². The van der Waals surface area contributed by atoms with Crippen LogP contribution >= 0.6 is 0 Å². The summed E-state index contributed by atoms with van der Waals surface area (Å²) >= 11 is 0. The average Bonchev–Trinajstić information content (AvgIpc) is 3.18. The van der Waals surface area contributed by atoms with Gasteiger partial charge in [0.15, 0.2) is 0 Å². The predicted octanol–water partition coefficient (Wildman–Crippen LogP) is 2.57. The summed E-state index contributed by atoms with van der Waals surface area (Å²) in [6, 6.07) is 6.22. The van der Waals surface area contributed by atoms with Gasteiger partial charge in [-0.1, -0.05) is 0 Å². The molecule has 3 rings (SSSR count). The lowest BCUT2D eigenvalue weighted by Gasteiger charge is -2.21. The van der Waals surface area contributed by atoms with Gasteiger partial charge in [-0.05, 0) is 55.9 Å². The normalized spacial score (nSPS) is 18.9. The van der Waals surface area contributed by atoms with Gasteiger partial charge in [0.05, 0.1) is 7.11 Å². The number of amides is 2. The average molecular weight is 260 g/mol. The number of hydrogen-bond donors (Lipinski definition) is 1. The molecule has 1 atom stereocenters. The topological polar surface area (TPSA) is 41.6 Å². The molecule has 1 aromatic rings. The van der Waals surface area contributed by atoms with E-state index < -0.39 is 0 Å². The van der Waals surface area contributed by atoms with Crippen LogP contribution in [0.5, 0.6) is 5.75 Å². The molecule has 0 spiro atoms. The number of carbonyl (C=O) groups is 1. The molecule has 0 radical (unpaired) electrons. The lowest BCUT2D eigenvalue weighted by atomic mass is 10.1. The smallest absolute Gasteiger partial charge is 0.322 e. The fraction of sp³-hybridized carbons (Fsp3) is 0.533. The number of rotatable bonds is 3. The van der Waals surface area contributed by atoms with E-state index in [4.69, 9.17) is 4.74 Å². The monoisotopic (exact) mass is 260 g/mol. The van der Waals surface area contributed by atoms with Crippen molar-refractivity contribution in [2.24, 2.45) is 5.92 Å². The summed E-state index contributed by atoms with van der Waals surface area (Å²) in [5, 5.41) is 3.11. The molecule has 2 amide bonds. The van der Waals surface area contributed by atoms with Crippen molar-refractivity contribution >= 4 is 11.7 Å². The van der Waals surface area contributed by atoms with E-state index >= 15 is 0 Å². The minimum atomic E-state index is 0.0308. The molecule has 4 nitrogen and oxygen atoms in total. The molecule has 1 N–H and O–H groups in total. The zero-order valence-corrected chi connectivity index (χ0v) is 11.5. The van der Waals surface area contributed by atoms with E-state index in [1.165, 1.54) is 18.4 Å². The standard InChI is InChI=1S/C15H20N2O2/c1-10(11-3-4-11)16-15(18)17-8-7-12-9-13(19-2)5-6-14(12)17/h5-6,9-11H,3-4,7-8H2,1-2H3,(H,16,18). The first-order chi connectivity index (χ1) is 9.19. The number of nitrogens with one attached hydrogen (secondary N) is 1. The number of ether oxygens (including phenoxy) is 1. The highest BCUT2D eigenvalue weighted by atomic mass is 16.5. The molecule has 0 aromatic heterocycles. The lowest BCUT2D eigenvalue weighted by molar-refractivity contribution is 0.242. The Hall–Kier alpha value is -1.71. The molecule has 4 heteroatoms. The molecule has 1 heterocycles. The highest BCUT2D eigenvalue weighted by Gasteiger charge is 2.31. The van der Waals surface area contributed by atoms with Gasteiger partial charge in [-0.2, -0.15) is 0 Å². The van der Waals surface area contributed by atoms with Crippen LogP contribution in [0.3, 0.4) is 0 Å². The van der Waals surface area contributed by atoms with Crippen molar-refractivity contribution in [1.29, 1.82) is 0 Å². The fourth-order valence-electron chi connectivity index (χ4n) is 2.70. The van der Waals surface area contributed by atoms with Crippen molar-refractivity contribution in [3.63, 3.8) is 0 Å². The van der Waals surface area contributed by atoms with Gasteiger partial charge in [-0.3, -0.25) is 4.90 Å². The Balaban J connectivity index is 1.72. The molecule has 19 heavy (non-hydrogen) atoms. The van der Waals surface area contributed by atoms with Gasteiger partial charge in [0, 0.05) is 18.3 Å². The van der Waals surface area contributed by atoms with E-state index in [1.807, 2.05) is 23.1 Å². The quantitative estimate of drug-likeness (QED) is 0.907. The molecule has 0 saturated heterocycles. The lowest BCUT2D eigenvalue weighted by Crippen LogP contribution is -2.44. The summed E-state index contributed by atoms with van der Waals surface area (Å²) in [5.74, 6) is 1.54. The van der Waals surface area contributed by atoms with E-state index in [-0.39, 0.29) is 12.1 Å².